The molecule has 21 heavy (non-hydrogen) atoms. The predicted molar refractivity (Wildman–Crippen MR) is 74.4 cm³/mol. The molecule has 0 aliphatic rings. The Kier molecular flexibility index (Phi) is 4.54. The molecule has 0 aliphatic carbocycles. The summed E-state index contributed by atoms with van der Waals surface area (Å²) in [5.41, 5.74) is 0.459. The van der Waals surface area contributed by atoms with Crippen LogP contribution in [-0.2, 0) is 16.4 Å². The Morgan fingerprint density at radius 1 is 1.05 bits per heavy atom. The largest absolute Gasteiger partial charge is 0.396 e. The Morgan fingerprint density at radius 3 is 2.29 bits per heavy atom. The van der Waals surface area contributed by atoms with Gasteiger partial charge in [-0.05, 0) is 36.2 Å². The molecule has 4 nitrogen and oxygen atoms in total. The highest BCUT2D eigenvalue weighted by atomic mass is 32.2. The number of hydrogen-bond donors (Lipinski definition) is 2. The van der Waals surface area contributed by atoms with Crippen LogP contribution in [0.3, 0.4) is 0 Å². The van der Waals surface area contributed by atoms with Crippen LogP contribution in [0.5, 0.6) is 0 Å². The number of benzene rings is 2. The molecule has 2 aromatic rings. The van der Waals surface area contributed by atoms with E-state index >= 15 is 0 Å². The molecule has 0 heterocycles. The molecule has 2 rings (SSSR count). The van der Waals surface area contributed by atoms with Gasteiger partial charge in [0.1, 0.15) is 11.6 Å². The molecule has 0 spiro atoms. The summed E-state index contributed by atoms with van der Waals surface area (Å²) in [7, 11) is -3.96. The first-order valence-electron chi connectivity index (χ1n) is 6.10. The highest BCUT2D eigenvalue weighted by molar-refractivity contribution is 7.92. The maximum atomic E-state index is 13.5. The third kappa shape index (κ3) is 3.77. The molecule has 0 unspecified atom stereocenters. The van der Waals surface area contributed by atoms with E-state index in [4.69, 9.17) is 5.11 Å². The summed E-state index contributed by atoms with van der Waals surface area (Å²) in [4.78, 5) is -0.0482. The zero-order valence-corrected chi connectivity index (χ0v) is 11.7. The highest BCUT2D eigenvalue weighted by Gasteiger charge is 2.16. The molecule has 2 N–H and O–H groups in total. The summed E-state index contributed by atoms with van der Waals surface area (Å²) >= 11 is 0. The topological polar surface area (TPSA) is 66.4 Å². The number of hydrogen-bond acceptors (Lipinski definition) is 3. The lowest BCUT2D eigenvalue weighted by molar-refractivity contribution is 0.299. The fourth-order valence-corrected chi connectivity index (χ4v) is 2.81. The van der Waals surface area contributed by atoms with E-state index in [1.54, 1.807) is 12.1 Å². The third-order valence-corrected chi connectivity index (χ3v) is 4.19. The van der Waals surface area contributed by atoms with E-state index < -0.39 is 21.7 Å². The average Bonchev–Trinajstić information content (AvgIpc) is 2.43. The summed E-state index contributed by atoms with van der Waals surface area (Å²) in [6.45, 7) is -0.0366. The van der Waals surface area contributed by atoms with Gasteiger partial charge in [-0.15, -0.1) is 0 Å². The van der Waals surface area contributed by atoms with E-state index in [9.17, 15) is 17.2 Å². The molecule has 0 saturated carbocycles. The van der Waals surface area contributed by atoms with Crippen LogP contribution in [0.25, 0.3) is 0 Å². The number of anilines is 1. The molecule has 0 saturated heterocycles. The molecular formula is C14H13F2NO3S. The van der Waals surface area contributed by atoms with Crippen LogP contribution in [0.1, 0.15) is 5.56 Å². The molecular weight excluding hydrogens is 300 g/mol. The van der Waals surface area contributed by atoms with Crippen molar-refractivity contribution in [1.82, 2.24) is 0 Å². The average molecular weight is 313 g/mol. The first kappa shape index (κ1) is 15.4. The van der Waals surface area contributed by atoms with Gasteiger partial charge >= 0.3 is 0 Å². The first-order valence-corrected chi connectivity index (χ1v) is 7.58. The molecule has 0 radical (unpaired) electrons. The highest BCUT2D eigenvalue weighted by Crippen LogP contribution is 2.20. The van der Waals surface area contributed by atoms with Crippen LogP contribution in [0, 0.1) is 11.6 Å². The van der Waals surface area contributed by atoms with Crippen molar-refractivity contribution in [1.29, 1.82) is 0 Å². The number of aliphatic hydroxyl groups excluding tert-OH is 1. The minimum atomic E-state index is -3.96. The first-order chi connectivity index (χ1) is 9.92. The fourth-order valence-electron chi connectivity index (χ4n) is 1.74. The number of sulfonamides is 1. The van der Waals surface area contributed by atoms with E-state index in [1.807, 2.05) is 0 Å². The fraction of sp³-hybridized carbons (Fsp3) is 0.143. The SMILES string of the molecule is O=S(=O)(Nc1ccc(F)cc1F)c1ccc(CCO)cc1. The second-order valence-electron chi connectivity index (χ2n) is 4.35. The number of rotatable bonds is 5. The van der Waals surface area contributed by atoms with E-state index in [0.717, 1.165) is 17.7 Å². The quantitative estimate of drug-likeness (QED) is 0.890. The smallest absolute Gasteiger partial charge is 0.261 e. The van der Waals surface area contributed by atoms with E-state index in [1.165, 1.54) is 12.1 Å². The van der Waals surface area contributed by atoms with Crippen molar-refractivity contribution < 1.29 is 22.3 Å². The van der Waals surface area contributed by atoms with Gasteiger partial charge in [0.25, 0.3) is 10.0 Å². The zero-order chi connectivity index (χ0) is 15.5. The lowest BCUT2D eigenvalue weighted by Crippen LogP contribution is -2.14. The maximum absolute atomic E-state index is 13.5. The predicted octanol–water partition coefficient (Wildman–Crippen LogP) is 2.30. The van der Waals surface area contributed by atoms with Gasteiger partial charge in [0, 0.05) is 12.7 Å². The Labute approximate surface area is 121 Å². The molecule has 2 aromatic carbocycles. The van der Waals surface area contributed by atoms with Gasteiger partial charge in [-0.2, -0.15) is 0 Å². The van der Waals surface area contributed by atoms with Gasteiger partial charge in [-0.25, -0.2) is 17.2 Å². The summed E-state index contributed by atoms with van der Waals surface area (Å²) in [5.74, 6) is -1.78. The Hall–Kier alpha value is -1.99. The van der Waals surface area contributed by atoms with Crippen LogP contribution >= 0.6 is 0 Å². The zero-order valence-electron chi connectivity index (χ0n) is 10.9. The Morgan fingerprint density at radius 2 is 1.71 bits per heavy atom. The summed E-state index contributed by atoms with van der Waals surface area (Å²) in [6, 6.07) is 8.41. The Balaban J connectivity index is 2.25. The van der Waals surface area contributed by atoms with E-state index in [-0.39, 0.29) is 17.2 Å². The minimum Gasteiger partial charge on any atom is -0.396 e. The van der Waals surface area contributed by atoms with Gasteiger partial charge in [-0.3, -0.25) is 4.72 Å². The maximum Gasteiger partial charge on any atom is 0.261 e. The second kappa shape index (κ2) is 6.19. The molecule has 0 amide bonds. The van der Waals surface area contributed by atoms with Gasteiger partial charge in [0.2, 0.25) is 0 Å². The van der Waals surface area contributed by atoms with Gasteiger partial charge in [0.05, 0.1) is 10.6 Å². The van der Waals surface area contributed by atoms with E-state index in [2.05, 4.69) is 4.72 Å². The lowest BCUT2D eigenvalue weighted by atomic mass is 10.2. The molecule has 0 aliphatic heterocycles. The minimum absolute atomic E-state index is 0.0366. The van der Waals surface area contributed by atoms with Crippen LogP contribution in [-0.4, -0.2) is 20.1 Å². The van der Waals surface area contributed by atoms with Gasteiger partial charge < -0.3 is 5.11 Å². The summed E-state index contributed by atoms with van der Waals surface area (Å²) < 4.78 is 52.5. The molecule has 7 heteroatoms. The van der Waals surface area contributed by atoms with Crippen molar-refractivity contribution in [2.45, 2.75) is 11.3 Å². The molecule has 112 valence electrons. The van der Waals surface area contributed by atoms with Crippen LogP contribution < -0.4 is 4.72 Å². The molecule has 0 bridgehead atoms. The molecule has 0 aromatic heterocycles. The van der Waals surface area contributed by atoms with Crippen molar-refractivity contribution in [2.24, 2.45) is 0 Å². The lowest BCUT2D eigenvalue weighted by Gasteiger charge is -2.09. The number of nitrogens with one attached hydrogen (secondary N) is 1. The number of aliphatic hydroxyl groups is 1. The normalized spacial score (nSPS) is 11.4. The van der Waals surface area contributed by atoms with Crippen molar-refractivity contribution >= 4 is 15.7 Å². The Bertz CT molecular complexity index is 730. The van der Waals surface area contributed by atoms with Crippen LogP contribution in [0.4, 0.5) is 14.5 Å². The second-order valence-corrected chi connectivity index (χ2v) is 6.03. The molecule has 0 fully saturated rings. The van der Waals surface area contributed by atoms with Crippen molar-refractivity contribution in [2.75, 3.05) is 11.3 Å². The summed E-state index contributed by atoms with van der Waals surface area (Å²) in [6.07, 6.45) is 0.417. The monoisotopic (exact) mass is 313 g/mol. The molecule has 0 atom stereocenters. The van der Waals surface area contributed by atoms with Crippen LogP contribution in [0.15, 0.2) is 47.4 Å². The van der Waals surface area contributed by atoms with Crippen LogP contribution in [0.2, 0.25) is 0 Å². The third-order valence-electron chi connectivity index (χ3n) is 2.81. The number of halogens is 2. The standard InChI is InChI=1S/C14H13F2NO3S/c15-11-3-6-14(13(16)9-11)17-21(19,20)12-4-1-10(2-5-12)7-8-18/h1-6,9,17-18H,7-8H2. The summed E-state index contributed by atoms with van der Waals surface area (Å²) in [5, 5.41) is 8.79. The van der Waals surface area contributed by atoms with Crippen molar-refractivity contribution in [3.8, 4) is 0 Å². The van der Waals surface area contributed by atoms with Gasteiger partial charge in [-0.1, -0.05) is 12.1 Å². The van der Waals surface area contributed by atoms with Crippen molar-refractivity contribution in [3.63, 3.8) is 0 Å². The van der Waals surface area contributed by atoms with E-state index in [0.29, 0.717) is 12.5 Å². The van der Waals surface area contributed by atoms with Gasteiger partial charge in [0.15, 0.2) is 0 Å². The van der Waals surface area contributed by atoms with Crippen molar-refractivity contribution in [3.05, 3.63) is 59.7 Å².